The largest absolute Gasteiger partial charge is 0.344 e. The van der Waals surface area contributed by atoms with Crippen LogP contribution in [0.4, 0.5) is 4.39 Å². The van der Waals surface area contributed by atoms with E-state index in [1.54, 1.807) is 24.3 Å². The Kier molecular flexibility index (Phi) is 4.55. The van der Waals surface area contributed by atoms with Crippen molar-refractivity contribution in [3.05, 3.63) is 35.4 Å². The van der Waals surface area contributed by atoms with Gasteiger partial charge in [0.15, 0.2) is 0 Å². The first-order chi connectivity index (χ1) is 8.39. The van der Waals surface area contributed by atoms with Gasteiger partial charge in [-0.1, -0.05) is 24.3 Å². The molecule has 104 valence electrons. The molecule has 0 aromatic heterocycles. The fraction of sp³-hybridized carbons (Fsp3) is 0.429. The van der Waals surface area contributed by atoms with Crippen LogP contribution in [-0.2, 0) is 5.67 Å². The Morgan fingerprint density at radius 3 is 2.11 bits per heavy atom. The van der Waals surface area contributed by atoms with Gasteiger partial charge in [0.05, 0.1) is 11.4 Å². The van der Waals surface area contributed by atoms with E-state index in [9.17, 15) is 4.39 Å². The molecule has 2 rings (SSSR count). The highest BCUT2D eigenvalue weighted by Gasteiger charge is 2.25. The summed E-state index contributed by atoms with van der Waals surface area (Å²) in [7, 11) is 0. The first kappa shape index (κ1) is 15.5. The van der Waals surface area contributed by atoms with Crippen LogP contribution in [0.15, 0.2) is 24.3 Å². The van der Waals surface area contributed by atoms with Crippen LogP contribution in [0.2, 0.25) is 0 Å². The summed E-state index contributed by atoms with van der Waals surface area (Å²) in [5.41, 5.74) is 0.507. The predicted molar refractivity (Wildman–Crippen MR) is 76.5 cm³/mol. The van der Waals surface area contributed by atoms with E-state index in [1.165, 1.54) is 13.8 Å². The molecule has 1 heterocycles. The van der Waals surface area contributed by atoms with E-state index < -0.39 is 5.67 Å². The number of halogens is 1. The third-order valence-electron chi connectivity index (χ3n) is 3.32. The lowest BCUT2D eigenvalue weighted by molar-refractivity contribution is 0.221. The number of alkyl halides is 1. The fourth-order valence-corrected chi connectivity index (χ4v) is 1.89. The molecule has 4 nitrogen and oxygen atoms in total. The lowest BCUT2D eigenvalue weighted by atomic mass is 9.90. The van der Waals surface area contributed by atoms with Crippen molar-refractivity contribution in [3.8, 4) is 0 Å². The smallest absolute Gasteiger partial charge is 0.130 e. The average Bonchev–Trinajstić information content (AvgIpc) is 2.24. The van der Waals surface area contributed by atoms with Crippen LogP contribution in [0.5, 0.6) is 0 Å². The monoisotopic (exact) mass is 264 g/mol. The molecule has 1 aliphatic heterocycles. The second-order valence-corrected chi connectivity index (χ2v) is 5.19. The minimum atomic E-state index is -1.37. The van der Waals surface area contributed by atoms with Gasteiger partial charge in [0.1, 0.15) is 5.67 Å². The lowest BCUT2D eigenvalue weighted by Crippen LogP contribution is -2.48. The van der Waals surface area contributed by atoms with Crippen molar-refractivity contribution in [2.45, 2.75) is 19.5 Å². The maximum Gasteiger partial charge on any atom is 0.130 e. The van der Waals surface area contributed by atoms with Gasteiger partial charge in [-0.2, -0.15) is 0 Å². The second kappa shape index (κ2) is 5.59. The maximum absolute atomic E-state index is 13.7. The third-order valence-corrected chi connectivity index (χ3v) is 3.32. The van der Waals surface area contributed by atoms with Crippen molar-refractivity contribution in [3.63, 3.8) is 0 Å². The summed E-state index contributed by atoms with van der Waals surface area (Å²) < 4.78 is 13.7. The maximum atomic E-state index is 13.7. The van der Waals surface area contributed by atoms with Gasteiger partial charge < -0.3 is 16.9 Å². The summed E-state index contributed by atoms with van der Waals surface area (Å²) in [5.74, 6) is 0.148. The minimum Gasteiger partial charge on any atom is -0.344 e. The lowest BCUT2D eigenvalue weighted by Gasteiger charge is -2.28. The molecule has 1 aromatic rings. The van der Waals surface area contributed by atoms with Crippen LogP contribution < -0.4 is 11.5 Å². The topological polar surface area (TPSA) is 94.7 Å². The number of benzene rings is 1. The van der Waals surface area contributed by atoms with Crippen LogP contribution >= 0.6 is 0 Å². The van der Waals surface area contributed by atoms with E-state index in [2.05, 4.69) is 5.32 Å². The van der Waals surface area contributed by atoms with Gasteiger partial charge >= 0.3 is 0 Å². The zero-order valence-electron chi connectivity index (χ0n) is 11.4. The molecule has 1 saturated heterocycles. The molecular weight excluding hydrogens is 243 g/mol. The number of hydrogen-bond donors (Lipinski definition) is 4. The molecule has 0 radical (unpaired) electrons. The van der Waals surface area contributed by atoms with Crippen molar-refractivity contribution in [2.75, 3.05) is 13.1 Å². The Hall–Kier alpha value is -1.59. The molecule has 1 fully saturated rings. The minimum absolute atomic E-state index is 0. The van der Waals surface area contributed by atoms with Gasteiger partial charge in [-0.3, -0.25) is 5.41 Å². The van der Waals surface area contributed by atoms with E-state index in [-0.39, 0.29) is 17.8 Å². The van der Waals surface area contributed by atoms with Crippen molar-refractivity contribution in [1.82, 2.24) is 11.5 Å². The Bertz CT molecular complexity index is 469. The second-order valence-electron chi connectivity index (χ2n) is 5.19. The first-order valence-electron chi connectivity index (χ1n) is 6.07. The normalized spacial score (nSPS) is 15.3. The van der Waals surface area contributed by atoms with Gasteiger partial charge in [0, 0.05) is 24.6 Å². The van der Waals surface area contributed by atoms with Crippen molar-refractivity contribution in [1.29, 1.82) is 10.8 Å². The van der Waals surface area contributed by atoms with Crippen LogP contribution in [0.1, 0.15) is 25.0 Å². The Morgan fingerprint density at radius 1 is 1.21 bits per heavy atom. The number of hydrogen-bond acceptors (Lipinski definition) is 4. The standard InChI is InChI=1S/C14H18FN3.H3N/c1-14(2,15)11-5-3-9(4-6-11)12(16)13(17)10-7-18-8-10;/h3-6,10,16-18H,7-8H2,1-2H3;1H3. The zero-order valence-corrected chi connectivity index (χ0v) is 11.4. The summed E-state index contributed by atoms with van der Waals surface area (Å²) in [5, 5.41) is 19.0. The average molecular weight is 264 g/mol. The van der Waals surface area contributed by atoms with Gasteiger partial charge in [0.25, 0.3) is 0 Å². The molecule has 1 aliphatic rings. The van der Waals surface area contributed by atoms with Crippen molar-refractivity contribution < 1.29 is 4.39 Å². The molecule has 6 N–H and O–H groups in total. The molecule has 5 heteroatoms. The zero-order chi connectivity index (χ0) is 13.3. The highest BCUT2D eigenvalue weighted by molar-refractivity contribution is 6.46. The quantitative estimate of drug-likeness (QED) is 0.629. The SMILES string of the molecule is CC(C)(F)c1ccc(C(=N)C(=N)C2CNC2)cc1.N. The van der Waals surface area contributed by atoms with Gasteiger partial charge in [-0.25, -0.2) is 4.39 Å². The Labute approximate surface area is 113 Å². The highest BCUT2D eigenvalue weighted by Crippen LogP contribution is 2.24. The summed E-state index contributed by atoms with van der Waals surface area (Å²) in [6.07, 6.45) is 0. The molecule has 1 aromatic carbocycles. The molecule has 0 bridgehead atoms. The number of rotatable bonds is 4. The Balaban J connectivity index is 0.00000180. The number of nitrogens with one attached hydrogen (secondary N) is 3. The van der Waals surface area contributed by atoms with E-state index in [4.69, 9.17) is 10.8 Å². The van der Waals surface area contributed by atoms with Gasteiger partial charge in [-0.15, -0.1) is 0 Å². The van der Waals surface area contributed by atoms with Gasteiger partial charge in [-0.05, 0) is 19.4 Å². The molecule has 0 amide bonds. The van der Waals surface area contributed by atoms with Gasteiger partial charge in [0.2, 0.25) is 0 Å². The third kappa shape index (κ3) is 3.24. The van der Waals surface area contributed by atoms with E-state index in [1.807, 2.05) is 0 Å². The van der Waals surface area contributed by atoms with Crippen LogP contribution in [0.25, 0.3) is 0 Å². The van der Waals surface area contributed by atoms with Crippen molar-refractivity contribution >= 4 is 11.4 Å². The molecule has 0 atom stereocenters. The van der Waals surface area contributed by atoms with Crippen LogP contribution in [-0.4, -0.2) is 24.5 Å². The molecule has 0 saturated carbocycles. The van der Waals surface area contributed by atoms with E-state index in [0.29, 0.717) is 16.8 Å². The summed E-state index contributed by atoms with van der Waals surface area (Å²) in [4.78, 5) is 0. The predicted octanol–water partition coefficient (Wildman–Crippen LogP) is 2.66. The Morgan fingerprint density at radius 2 is 1.74 bits per heavy atom. The summed E-state index contributed by atoms with van der Waals surface area (Å²) >= 11 is 0. The molecule has 0 spiro atoms. The van der Waals surface area contributed by atoms with Crippen LogP contribution in [0.3, 0.4) is 0 Å². The molecule has 0 aliphatic carbocycles. The molecule has 0 unspecified atom stereocenters. The molecule has 19 heavy (non-hydrogen) atoms. The van der Waals surface area contributed by atoms with E-state index >= 15 is 0 Å². The summed E-state index contributed by atoms with van der Waals surface area (Å²) in [6, 6.07) is 6.83. The summed E-state index contributed by atoms with van der Waals surface area (Å²) in [6.45, 7) is 4.57. The first-order valence-corrected chi connectivity index (χ1v) is 6.07. The van der Waals surface area contributed by atoms with Crippen LogP contribution in [0, 0.1) is 16.7 Å². The highest BCUT2D eigenvalue weighted by atomic mass is 19.1. The fourth-order valence-electron chi connectivity index (χ4n) is 1.89. The van der Waals surface area contributed by atoms with E-state index in [0.717, 1.165) is 13.1 Å². The van der Waals surface area contributed by atoms with Crippen molar-refractivity contribution in [2.24, 2.45) is 5.92 Å². The molecular formula is C14H21FN4.